The Balaban J connectivity index is 1.65. The van der Waals surface area contributed by atoms with Crippen LogP contribution in [-0.2, 0) is 5.54 Å². The van der Waals surface area contributed by atoms with Crippen molar-refractivity contribution in [2.75, 3.05) is 31.1 Å². The molecule has 0 radical (unpaired) electrons. The maximum atomic E-state index is 13.0. The fraction of sp³-hybridized carbons (Fsp3) is 0.400. The molecule has 154 valence electrons. The van der Waals surface area contributed by atoms with Gasteiger partial charge < -0.3 is 15.1 Å². The molecule has 0 unspecified atom stereocenters. The average Bonchev–Trinajstić information content (AvgIpc) is 2.68. The molecule has 2 aromatic carbocycles. The van der Waals surface area contributed by atoms with E-state index < -0.39 is 5.54 Å². The summed E-state index contributed by atoms with van der Waals surface area (Å²) in [6, 6.07) is 14.7. The van der Waals surface area contributed by atoms with Crippen molar-refractivity contribution in [3.05, 3.63) is 71.3 Å². The molecule has 1 fully saturated rings. The molecule has 1 saturated heterocycles. The van der Waals surface area contributed by atoms with Gasteiger partial charge in [0.2, 0.25) is 0 Å². The molecule has 1 N–H and O–H groups in total. The number of amides is 2. The molecule has 0 spiro atoms. The van der Waals surface area contributed by atoms with Crippen molar-refractivity contribution in [1.29, 1.82) is 0 Å². The van der Waals surface area contributed by atoms with Gasteiger partial charge in [-0.25, -0.2) is 4.79 Å². The van der Waals surface area contributed by atoms with E-state index in [0.29, 0.717) is 0 Å². The molecule has 0 aromatic heterocycles. The lowest BCUT2D eigenvalue weighted by atomic mass is 9.92. The Morgan fingerprint density at radius 1 is 1.00 bits per heavy atom. The minimum Gasteiger partial charge on any atom is -0.368 e. The van der Waals surface area contributed by atoms with Crippen LogP contribution in [0.1, 0.15) is 43.0 Å². The van der Waals surface area contributed by atoms with Crippen molar-refractivity contribution in [3.8, 4) is 0 Å². The van der Waals surface area contributed by atoms with E-state index in [1.807, 2.05) is 17.9 Å². The van der Waals surface area contributed by atoms with Crippen LogP contribution in [0.5, 0.6) is 0 Å². The zero-order chi connectivity index (χ0) is 21.2. The summed E-state index contributed by atoms with van der Waals surface area (Å²) in [6.45, 7) is 17.6. The largest absolute Gasteiger partial charge is 0.368 e. The van der Waals surface area contributed by atoms with Crippen molar-refractivity contribution < 1.29 is 4.79 Å². The van der Waals surface area contributed by atoms with Crippen LogP contribution in [0.4, 0.5) is 10.5 Å². The molecule has 29 heavy (non-hydrogen) atoms. The Morgan fingerprint density at radius 2 is 1.59 bits per heavy atom. The van der Waals surface area contributed by atoms with E-state index in [4.69, 9.17) is 0 Å². The molecule has 2 aromatic rings. The van der Waals surface area contributed by atoms with Gasteiger partial charge in [0.25, 0.3) is 0 Å². The van der Waals surface area contributed by atoms with E-state index in [1.165, 1.54) is 16.8 Å². The van der Waals surface area contributed by atoms with Gasteiger partial charge in [-0.15, -0.1) is 0 Å². The number of allylic oxidation sites excluding steroid dienone is 1. The molecule has 0 saturated carbocycles. The summed E-state index contributed by atoms with van der Waals surface area (Å²) in [7, 11) is 0. The van der Waals surface area contributed by atoms with Crippen molar-refractivity contribution in [2.24, 2.45) is 0 Å². The Bertz CT molecular complexity index is 888. The maximum absolute atomic E-state index is 13.0. The van der Waals surface area contributed by atoms with E-state index in [2.05, 4.69) is 80.9 Å². The smallest absolute Gasteiger partial charge is 0.318 e. The van der Waals surface area contributed by atoms with E-state index in [-0.39, 0.29) is 6.03 Å². The van der Waals surface area contributed by atoms with Crippen molar-refractivity contribution in [1.82, 2.24) is 10.2 Å². The highest BCUT2D eigenvalue weighted by molar-refractivity contribution is 5.76. The number of carbonyl (C=O) groups is 1. The fourth-order valence-electron chi connectivity index (χ4n) is 4.03. The number of hydrogen-bond donors (Lipinski definition) is 1. The monoisotopic (exact) mass is 391 g/mol. The van der Waals surface area contributed by atoms with E-state index in [1.54, 1.807) is 0 Å². The average molecular weight is 392 g/mol. The van der Waals surface area contributed by atoms with Crippen molar-refractivity contribution >= 4 is 17.3 Å². The Hall–Kier alpha value is -2.75. The van der Waals surface area contributed by atoms with Crippen LogP contribution in [0.3, 0.4) is 0 Å². The van der Waals surface area contributed by atoms with Crippen molar-refractivity contribution in [3.63, 3.8) is 0 Å². The van der Waals surface area contributed by atoms with Gasteiger partial charge in [0.1, 0.15) is 0 Å². The van der Waals surface area contributed by atoms with Gasteiger partial charge in [-0.05, 0) is 62.9 Å². The minimum absolute atomic E-state index is 0.00289. The summed E-state index contributed by atoms with van der Waals surface area (Å²) in [6.07, 6.45) is 0. The number of hydrogen-bond acceptors (Lipinski definition) is 2. The molecule has 4 nitrogen and oxygen atoms in total. The van der Waals surface area contributed by atoms with Gasteiger partial charge in [0, 0.05) is 31.9 Å². The number of nitrogens with one attached hydrogen (secondary N) is 1. The number of anilines is 1. The number of rotatable bonds is 4. The normalized spacial score (nSPS) is 14.7. The number of benzene rings is 2. The Labute approximate surface area is 175 Å². The number of nitrogens with zero attached hydrogens (tertiary/aromatic N) is 2. The number of urea groups is 1. The van der Waals surface area contributed by atoms with E-state index >= 15 is 0 Å². The van der Waals surface area contributed by atoms with Crippen LogP contribution in [0.25, 0.3) is 5.57 Å². The molecule has 1 aliphatic rings. The summed E-state index contributed by atoms with van der Waals surface area (Å²) < 4.78 is 0. The molecule has 0 aliphatic carbocycles. The third kappa shape index (κ3) is 4.64. The third-order valence-corrected chi connectivity index (χ3v) is 5.82. The van der Waals surface area contributed by atoms with E-state index in [9.17, 15) is 4.79 Å². The zero-order valence-corrected chi connectivity index (χ0v) is 18.4. The molecule has 1 aliphatic heterocycles. The molecule has 2 amide bonds. The van der Waals surface area contributed by atoms with Gasteiger partial charge >= 0.3 is 6.03 Å². The highest BCUT2D eigenvalue weighted by Crippen LogP contribution is 2.27. The molecule has 4 heteroatoms. The first kappa shape index (κ1) is 21.0. The van der Waals surface area contributed by atoms with Crippen LogP contribution in [0.15, 0.2) is 49.0 Å². The van der Waals surface area contributed by atoms with Crippen LogP contribution >= 0.6 is 0 Å². The summed E-state index contributed by atoms with van der Waals surface area (Å²) >= 11 is 0. The molecular weight excluding hydrogens is 358 g/mol. The zero-order valence-electron chi connectivity index (χ0n) is 18.4. The van der Waals surface area contributed by atoms with Gasteiger partial charge in [0.15, 0.2) is 0 Å². The van der Waals surface area contributed by atoms with Gasteiger partial charge in [-0.2, -0.15) is 0 Å². The maximum Gasteiger partial charge on any atom is 0.318 e. The van der Waals surface area contributed by atoms with Crippen LogP contribution in [-0.4, -0.2) is 37.1 Å². The number of carbonyl (C=O) groups excluding carboxylic acids is 1. The number of aryl methyl sites for hydroxylation is 2. The van der Waals surface area contributed by atoms with E-state index in [0.717, 1.165) is 42.9 Å². The second-order valence-electron chi connectivity index (χ2n) is 8.63. The van der Waals surface area contributed by atoms with Gasteiger partial charge in [0.05, 0.1) is 5.54 Å². The predicted octanol–water partition coefficient (Wildman–Crippen LogP) is 5.10. The lowest BCUT2D eigenvalue weighted by molar-refractivity contribution is 0.183. The molecule has 3 rings (SSSR count). The number of piperazine rings is 1. The highest BCUT2D eigenvalue weighted by Gasteiger charge is 2.28. The Morgan fingerprint density at radius 3 is 2.17 bits per heavy atom. The minimum atomic E-state index is -0.452. The number of para-hydroxylation sites is 1. The first-order chi connectivity index (χ1) is 13.7. The lowest BCUT2D eigenvalue weighted by Crippen LogP contribution is -2.55. The summed E-state index contributed by atoms with van der Waals surface area (Å²) in [4.78, 5) is 17.3. The topological polar surface area (TPSA) is 35.6 Å². The fourth-order valence-corrected chi connectivity index (χ4v) is 4.03. The lowest BCUT2D eigenvalue weighted by Gasteiger charge is -2.39. The third-order valence-electron chi connectivity index (χ3n) is 5.82. The first-order valence-electron chi connectivity index (χ1n) is 10.3. The van der Waals surface area contributed by atoms with Crippen LogP contribution in [0.2, 0.25) is 0 Å². The summed E-state index contributed by atoms with van der Waals surface area (Å²) in [5.74, 6) is 0. The Kier molecular flexibility index (Phi) is 6.02. The van der Waals surface area contributed by atoms with Crippen LogP contribution in [0, 0.1) is 13.8 Å². The standard InChI is InChI=1S/C25H33N3O/c1-18(2)21-11-8-12-22(17-21)25(5,6)26-24(29)28-15-13-27(14-16-28)23-19(3)9-7-10-20(23)4/h7-12,17H,1,13-16H2,2-6H3,(H,26,29). The first-order valence-corrected chi connectivity index (χ1v) is 10.3. The van der Waals surface area contributed by atoms with Gasteiger partial charge in [-0.1, -0.05) is 48.6 Å². The quantitative estimate of drug-likeness (QED) is 0.787. The SMILES string of the molecule is C=C(C)c1cccc(C(C)(C)NC(=O)N2CCN(c3c(C)cccc3C)CC2)c1. The molecule has 0 bridgehead atoms. The summed E-state index contributed by atoms with van der Waals surface area (Å²) in [5.41, 5.74) is 6.66. The van der Waals surface area contributed by atoms with Crippen molar-refractivity contribution in [2.45, 2.75) is 40.2 Å². The molecular formula is C25H33N3O. The summed E-state index contributed by atoms with van der Waals surface area (Å²) in [5, 5.41) is 3.22. The molecule has 1 heterocycles. The predicted molar refractivity (Wildman–Crippen MR) is 122 cm³/mol. The highest BCUT2D eigenvalue weighted by atomic mass is 16.2. The molecule has 0 atom stereocenters. The second kappa shape index (κ2) is 8.32. The second-order valence-corrected chi connectivity index (χ2v) is 8.63. The van der Waals surface area contributed by atoms with Crippen LogP contribution < -0.4 is 10.2 Å². The van der Waals surface area contributed by atoms with Gasteiger partial charge in [-0.3, -0.25) is 0 Å².